The van der Waals surface area contributed by atoms with E-state index in [-0.39, 0.29) is 29.1 Å². The van der Waals surface area contributed by atoms with Crippen molar-refractivity contribution < 1.29 is 19.4 Å². The van der Waals surface area contributed by atoms with E-state index in [2.05, 4.69) is 15.6 Å². The maximum absolute atomic E-state index is 13.5. The Hall–Kier alpha value is -3.61. The monoisotopic (exact) mass is 433 g/mol. The van der Waals surface area contributed by atoms with E-state index in [1.807, 2.05) is 32.9 Å². The smallest absolute Gasteiger partial charge is 0.255 e. The number of carbonyl (C=O) groups is 2. The second kappa shape index (κ2) is 8.49. The summed E-state index contributed by atoms with van der Waals surface area (Å²) in [5.74, 6) is 0.0730. The number of hydrogen-bond acceptors (Lipinski definition) is 6. The van der Waals surface area contributed by atoms with Crippen LogP contribution >= 0.6 is 0 Å². The fourth-order valence-electron chi connectivity index (χ4n) is 4.54. The van der Waals surface area contributed by atoms with Crippen molar-refractivity contribution in [3.63, 3.8) is 0 Å². The van der Waals surface area contributed by atoms with Gasteiger partial charge in [-0.05, 0) is 56.0 Å². The lowest BCUT2D eigenvalue weighted by Crippen LogP contribution is -2.37. The molecule has 32 heavy (non-hydrogen) atoms. The van der Waals surface area contributed by atoms with Gasteiger partial charge in [0.15, 0.2) is 17.3 Å². The van der Waals surface area contributed by atoms with Crippen LogP contribution in [0.2, 0.25) is 0 Å². The van der Waals surface area contributed by atoms with Crippen LogP contribution in [0, 0.1) is 12.8 Å². The van der Waals surface area contributed by atoms with Crippen molar-refractivity contribution in [1.82, 2.24) is 10.3 Å². The van der Waals surface area contributed by atoms with Crippen LogP contribution < -0.4 is 15.4 Å². The van der Waals surface area contributed by atoms with Gasteiger partial charge in [0.25, 0.3) is 5.91 Å². The average molecular weight is 434 g/mol. The van der Waals surface area contributed by atoms with Crippen LogP contribution in [-0.4, -0.2) is 28.9 Å². The van der Waals surface area contributed by atoms with Gasteiger partial charge in [-0.2, -0.15) is 0 Å². The van der Waals surface area contributed by atoms with E-state index in [9.17, 15) is 14.7 Å². The summed E-state index contributed by atoms with van der Waals surface area (Å²) in [5.41, 5.74) is 4.09. The number of anilines is 1. The number of aryl methyl sites for hydroxylation is 1. The fraction of sp³-hybridized carbons (Fsp3) is 0.320. The van der Waals surface area contributed by atoms with Crippen LogP contribution in [0.1, 0.15) is 43.9 Å². The molecule has 4 rings (SSSR count). The summed E-state index contributed by atoms with van der Waals surface area (Å²) < 4.78 is 5.29. The average Bonchev–Trinajstić information content (AvgIpc) is 2.72. The highest BCUT2D eigenvalue weighted by Crippen LogP contribution is 2.45. The number of aromatic hydroxyl groups is 1. The Kier molecular flexibility index (Phi) is 5.74. The summed E-state index contributed by atoms with van der Waals surface area (Å²) in [6.45, 7) is 5.75. The molecule has 2 atom stereocenters. The summed E-state index contributed by atoms with van der Waals surface area (Å²) in [6, 6.07) is 10.4. The van der Waals surface area contributed by atoms with Crippen LogP contribution in [0.15, 0.2) is 58.9 Å². The standard InChI is InChI=1S/C25H27N3O4/c1-13-10-17-24(19(30)11-13)23(16-8-9-18(29)20(12-16)32-4)22(15(3)27-17)25(31)28-21-7-5-6-14(2)26-21/h5-9,12-13,23,27,29H,10-11H2,1-4H3,(H,26,28,31)/t13-,23-/m1/s1. The van der Waals surface area contributed by atoms with Gasteiger partial charge in [0, 0.05) is 40.6 Å². The molecule has 0 unspecified atom stereocenters. The van der Waals surface area contributed by atoms with E-state index < -0.39 is 5.92 Å². The molecule has 0 saturated carbocycles. The number of allylic oxidation sites excluding steroid dienone is 3. The van der Waals surface area contributed by atoms with Crippen molar-refractivity contribution >= 4 is 17.5 Å². The van der Waals surface area contributed by atoms with Gasteiger partial charge in [0.05, 0.1) is 7.11 Å². The molecule has 0 radical (unpaired) electrons. The number of benzene rings is 1. The first-order chi connectivity index (χ1) is 15.3. The van der Waals surface area contributed by atoms with Gasteiger partial charge in [-0.25, -0.2) is 4.98 Å². The first-order valence-corrected chi connectivity index (χ1v) is 10.6. The van der Waals surface area contributed by atoms with Gasteiger partial charge in [-0.1, -0.05) is 19.1 Å². The minimum atomic E-state index is -0.578. The number of aromatic nitrogens is 1. The van der Waals surface area contributed by atoms with E-state index in [1.165, 1.54) is 13.2 Å². The molecule has 7 nitrogen and oxygen atoms in total. The molecular formula is C25H27N3O4. The van der Waals surface area contributed by atoms with Crippen LogP contribution in [-0.2, 0) is 9.59 Å². The van der Waals surface area contributed by atoms with Crippen molar-refractivity contribution in [3.8, 4) is 11.5 Å². The van der Waals surface area contributed by atoms with Crippen molar-refractivity contribution in [2.24, 2.45) is 5.92 Å². The first kappa shape index (κ1) is 21.6. The van der Waals surface area contributed by atoms with E-state index >= 15 is 0 Å². The highest BCUT2D eigenvalue weighted by Gasteiger charge is 2.40. The van der Waals surface area contributed by atoms with Gasteiger partial charge in [0.1, 0.15) is 5.82 Å². The topological polar surface area (TPSA) is 101 Å². The molecule has 2 aromatic rings. The summed E-state index contributed by atoms with van der Waals surface area (Å²) in [5, 5.41) is 16.3. The number of carbonyl (C=O) groups excluding carboxylic acids is 2. The normalized spacial score (nSPS) is 20.6. The summed E-state index contributed by atoms with van der Waals surface area (Å²) in [6.07, 6.45) is 1.16. The van der Waals surface area contributed by atoms with Gasteiger partial charge >= 0.3 is 0 Å². The molecule has 2 aliphatic rings. The molecule has 0 fully saturated rings. The number of methoxy groups -OCH3 is 1. The molecule has 1 aromatic carbocycles. The van der Waals surface area contributed by atoms with Gasteiger partial charge in [-0.3, -0.25) is 9.59 Å². The van der Waals surface area contributed by atoms with Gasteiger partial charge in [-0.15, -0.1) is 0 Å². The maximum Gasteiger partial charge on any atom is 0.255 e. The quantitative estimate of drug-likeness (QED) is 0.675. The van der Waals surface area contributed by atoms with Crippen LogP contribution in [0.3, 0.4) is 0 Å². The number of ketones is 1. The van der Waals surface area contributed by atoms with E-state index in [4.69, 9.17) is 4.74 Å². The number of Topliss-reactive ketones (excluding diaryl/α,β-unsaturated/α-hetero) is 1. The van der Waals surface area contributed by atoms with Crippen molar-refractivity contribution in [2.45, 2.75) is 39.5 Å². The molecule has 7 heteroatoms. The second-order valence-electron chi connectivity index (χ2n) is 8.48. The number of phenolic OH excluding ortho intramolecular Hbond substituents is 1. The van der Waals surface area contributed by atoms with Gasteiger partial charge < -0.3 is 20.5 Å². The molecule has 1 aromatic heterocycles. The largest absolute Gasteiger partial charge is 0.504 e. The lowest BCUT2D eigenvalue weighted by molar-refractivity contribution is -0.117. The third-order valence-corrected chi connectivity index (χ3v) is 5.94. The Labute approximate surface area is 187 Å². The molecule has 166 valence electrons. The fourth-order valence-corrected chi connectivity index (χ4v) is 4.54. The zero-order valence-corrected chi connectivity index (χ0v) is 18.7. The number of hydrogen-bond donors (Lipinski definition) is 3. The zero-order chi connectivity index (χ0) is 23.0. The van der Waals surface area contributed by atoms with Crippen LogP contribution in [0.25, 0.3) is 0 Å². The SMILES string of the molecule is COc1cc([C@@H]2C(C(=O)Nc3cccc(C)n3)=C(C)NC3=C2C(=O)C[C@H](C)C3)ccc1O. The summed E-state index contributed by atoms with van der Waals surface area (Å²) >= 11 is 0. The summed E-state index contributed by atoms with van der Waals surface area (Å²) in [4.78, 5) is 31.0. The number of nitrogens with one attached hydrogen (secondary N) is 2. The minimum Gasteiger partial charge on any atom is -0.504 e. The second-order valence-corrected chi connectivity index (χ2v) is 8.48. The number of pyridine rings is 1. The number of amides is 1. The molecule has 0 saturated heterocycles. The highest BCUT2D eigenvalue weighted by molar-refractivity contribution is 6.09. The Morgan fingerprint density at radius 3 is 2.72 bits per heavy atom. The van der Waals surface area contributed by atoms with E-state index in [0.29, 0.717) is 34.6 Å². The van der Waals surface area contributed by atoms with Crippen LogP contribution in [0.5, 0.6) is 11.5 Å². The third-order valence-electron chi connectivity index (χ3n) is 5.94. The highest BCUT2D eigenvalue weighted by atomic mass is 16.5. The Morgan fingerprint density at radius 1 is 1.22 bits per heavy atom. The predicted molar refractivity (Wildman–Crippen MR) is 121 cm³/mol. The Bertz CT molecular complexity index is 1170. The Balaban J connectivity index is 1.82. The predicted octanol–water partition coefficient (Wildman–Crippen LogP) is 3.96. The molecule has 1 amide bonds. The number of rotatable bonds is 4. The molecule has 3 N–H and O–H groups in total. The first-order valence-electron chi connectivity index (χ1n) is 10.6. The van der Waals surface area contributed by atoms with Crippen molar-refractivity contribution in [2.75, 3.05) is 12.4 Å². The molecule has 2 heterocycles. The third kappa shape index (κ3) is 3.98. The van der Waals surface area contributed by atoms with Gasteiger partial charge in [0.2, 0.25) is 0 Å². The Morgan fingerprint density at radius 2 is 2.00 bits per heavy atom. The molecule has 0 spiro atoms. The zero-order valence-electron chi connectivity index (χ0n) is 18.7. The lowest BCUT2D eigenvalue weighted by Gasteiger charge is -2.36. The minimum absolute atomic E-state index is 0.00126. The molecule has 0 bridgehead atoms. The molecule has 1 aliphatic heterocycles. The van der Waals surface area contributed by atoms with Crippen LogP contribution in [0.4, 0.5) is 5.82 Å². The number of nitrogens with zero attached hydrogens (tertiary/aromatic N) is 1. The van der Waals surface area contributed by atoms with E-state index in [1.54, 1.807) is 18.2 Å². The van der Waals surface area contributed by atoms with E-state index in [0.717, 1.165) is 17.8 Å². The molecule has 1 aliphatic carbocycles. The van der Waals surface area contributed by atoms with Crippen molar-refractivity contribution in [3.05, 3.63) is 70.2 Å². The number of phenols is 1. The lowest BCUT2D eigenvalue weighted by atomic mass is 9.73. The molecular weight excluding hydrogens is 406 g/mol. The number of ether oxygens (including phenoxy) is 1. The maximum atomic E-state index is 13.5. The van der Waals surface area contributed by atoms with Crippen molar-refractivity contribution in [1.29, 1.82) is 0 Å². The number of dihydropyridines is 1. The summed E-state index contributed by atoms with van der Waals surface area (Å²) in [7, 11) is 1.47.